The maximum Gasteiger partial charge on any atom is 0.251 e. The van der Waals surface area contributed by atoms with Crippen LogP contribution in [0.2, 0.25) is 0 Å². The molecule has 2 atom stereocenters. The summed E-state index contributed by atoms with van der Waals surface area (Å²) in [5, 5.41) is 2.75. The summed E-state index contributed by atoms with van der Waals surface area (Å²) in [5.41, 5.74) is 0. The lowest BCUT2D eigenvalue weighted by Crippen LogP contribution is -2.27. The van der Waals surface area contributed by atoms with Gasteiger partial charge < -0.3 is 15.0 Å². The molecule has 1 amide bonds. The van der Waals surface area contributed by atoms with Gasteiger partial charge in [-0.2, -0.15) is 4.98 Å². The minimum atomic E-state index is -0.170. The van der Waals surface area contributed by atoms with Crippen LogP contribution in [0.1, 0.15) is 32.6 Å². The van der Waals surface area contributed by atoms with Gasteiger partial charge in [0.05, 0.1) is 6.10 Å². The van der Waals surface area contributed by atoms with Crippen molar-refractivity contribution in [1.82, 2.24) is 9.97 Å². The molecule has 116 valence electrons. The minimum absolute atomic E-state index is 0.0820. The van der Waals surface area contributed by atoms with Crippen LogP contribution in [-0.2, 0) is 9.53 Å². The highest BCUT2D eigenvalue weighted by molar-refractivity contribution is 5.90. The second-order valence-corrected chi connectivity index (χ2v) is 5.89. The van der Waals surface area contributed by atoms with E-state index in [2.05, 4.69) is 22.2 Å². The zero-order valence-electron chi connectivity index (χ0n) is 13.0. The monoisotopic (exact) mass is 292 g/mol. The summed E-state index contributed by atoms with van der Waals surface area (Å²) in [4.78, 5) is 22.0. The van der Waals surface area contributed by atoms with Gasteiger partial charge >= 0.3 is 0 Å². The number of amides is 1. The van der Waals surface area contributed by atoms with Gasteiger partial charge in [0, 0.05) is 20.3 Å². The zero-order chi connectivity index (χ0) is 15.2. The van der Waals surface area contributed by atoms with Crippen molar-refractivity contribution in [3.05, 3.63) is 12.3 Å². The van der Waals surface area contributed by atoms with E-state index in [1.165, 1.54) is 12.8 Å². The highest BCUT2D eigenvalue weighted by Crippen LogP contribution is 2.25. The fourth-order valence-electron chi connectivity index (χ4n) is 2.54. The zero-order valence-corrected chi connectivity index (χ0v) is 13.0. The lowest BCUT2D eigenvalue weighted by molar-refractivity contribution is -0.123. The summed E-state index contributed by atoms with van der Waals surface area (Å²) >= 11 is 0. The average molecular weight is 292 g/mol. The molecule has 1 aromatic rings. The largest absolute Gasteiger partial charge is 0.368 e. The summed E-state index contributed by atoms with van der Waals surface area (Å²) in [5.74, 6) is 1.59. The Morgan fingerprint density at radius 2 is 2.29 bits per heavy atom. The van der Waals surface area contributed by atoms with Crippen LogP contribution in [0.3, 0.4) is 0 Å². The lowest BCUT2D eigenvalue weighted by Gasteiger charge is -2.26. The van der Waals surface area contributed by atoms with Crippen molar-refractivity contribution < 1.29 is 9.53 Å². The van der Waals surface area contributed by atoms with Gasteiger partial charge in [-0.15, -0.1) is 0 Å². The first-order chi connectivity index (χ1) is 10.0. The molecule has 6 heteroatoms. The summed E-state index contributed by atoms with van der Waals surface area (Å²) in [6.07, 6.45) is 6.39. The molecule has 0 spiro atoms. The molecule has 0 saturated heterocycles. The summed E-state index contributed by atoms with van der Waals surface area (Å²) in [6.45, 7) is 2.32. The molecule has 0 bridgehead atoms. The first kappa shape index (κ1) is 15.7. The molecule has 1 saturated carbocycles. The Labute approximate surface area is 125 Å². The number of carbonyl (C=O) groups excluding carboxylic acids is 1. The van der Waals surface area contributed by atoms with Crippen LogP contribution < -0.4 is 10.2 Å². The number of carbonyl (C=O) groups is 1. The summed E-state index contributed by atoms with van der Waals surface area (Å²) < 4.78 is 5.70. The topological polar surface area (TPSA) is 67.3 Å². The summed E-state index contributed by atoms with van der Waals surface area (Å²) in [7, 11) is 3.71. The standard InChI is InChI=1S/C15H24N4O2/c1-11-5-4-6-12(9-11)21-10-14(20)17-13-7-8-16-15(18-13)19(2)3/h7-8,11-12H,4-6,9-10H2,1-3H3,(H,16,17,18,20). The highest BCUT2D eigenvalue weighted by Gasteiger charge is 2.20. The first-order valence-corrected chi connectivity index (χ1v) is 7.46. The quantitative estimate of drug-likeness (QED) is 0.900. The van der Waals surface area contributed by atoms with E-state index in [0.717, 1.165) is 12.8 Å². The molecule has 0 aliphatic heterocycles. The Kier molecular flexibility index (Phi) is 5.50. The van der Waals surface area contributed by atoms with Crippen LogP contribution in [0, 0.1) is 5.92 Å². The van der Waals surface area contributed by atoms with Crippen molar-refractivity contribution in [1.29, 1.82) is 0 Å². The average Bonchev–Trinajstić information content (AvgIpc) is 2.45. The number of ether oxygens (including phenoxy) is 1. The van der Waals surface area contributed by atoms with Crippen LogP contribution in [0.15, 0.2) is 12.3 Å². The number of nitrogens with one attached hydrogen (secondary N) is 1. The smallest absolute Gasteiger partial charge is 0.251 e. The molecular weight excluding hydrogens is 268 g/mol. The van der Waals surface area contributed by atoms with E-state index in [9.17, 15) is 4.79 Å². The number of hydrogen-bond acceptors (Lipinski definition) is 5. The molecule has 6 nitrogen and oxygen atoms in total. The van der Waals surface area contributed by atoms with E-state index < -0.39 is 0 Å². The predicted molar refractivity (Wildman–Crippen MR) is 82.4 cm³/mol. The minimum Gasteiger partial charge on any atom is -0.368 e. The number of anilines is 2. The van der Waals surface area contributed by atoms with Gasteiger partial charge in [-0.05, 0) is 24.8 Å². The number of rotatable bonds is 5. The van der Waals surface area contributed by atoms with Crippen LogP contribution in [-0.4, -0.2) is 42.7 Å². The molecule has 0 radical (unpaired) electrons. The molecule has 1 aromatic heterocycles. The third-order valence-electron chi connectivity index (χ3n) is 3.65. The molecule has 2 unspecified atom stereocenters. The van der Waals surface area contributed by atoms with Gasteiger partial charge in [-0.25, -0.2) is 4.98 Å². The van der Waals surface area contributed by atoms with E-state index in [1.807, 2.05) is 14.1 Å². The fraction of sp³-hybridized carbons (Fsp3) is 0.667. The maximum absolute atomic E-state index is 11.9. The number of nitrogens with zero attached hydrogens (tertiary/aromatic N) is 3. The molecule has 0 aromatic carbocycles. The molecule has 21 heavy (non-hydrogen) atoms. The Bertz CT molecular complexity index is 478. The van der Waals surface area contributed by atoms with Gasteiger partial charge in [0.2, 0.25) is 5.95 Å². The van der Waals surface area contributed by atoms with Gasteiger partial charge in [-0.3, -0.25) is 4.79 Å². The number of hydrogen-bond donors (Lipinski definition) is 1. The second kappa shape index (κ2) is 7.36. The van der Waals surface area contributed by atoms with Gasteiger partial charge in [0.1, 0.15) is 12.4 Å². The SMILES string of the molecule is CC1CCCC(OCC(=O)Nc2ccnc(N(C)C)n2)C1. The Hall–Kier alpha value is -1.69. The van der Waals surface area contributed by atoms with E-state index in [-0.39, 0.29) is 18.6 Å². The van der Waals surface area contributed by atoms with Crippen LogP contribution in [0.4, 0.5) is 11.8 Å². The normalized spacial score (nSPS) is 21.9. The van der Waals surface area contributed by atoms with E-state index in [1.54, 1.807) is 17.2 Å². The first-order valence-electron chi connectivity index (χ1n) is 7.46. The Morgan fingerprint density at radius 3 is 3.00 bits per heavy atom. The molecule has 2 rings (SSSR count). The van der Waals surface area contributed by atoms with Crippen molar-refractivity contribution >= 4 is 17.7 Å². The van der Waals surface area contributed by atoms with Crippen LogP contribution in [0.25, 0.3) is 0 Å². The molecule has 1 aliphatic rings. The third-order valence-corrected chi connectivity index (χ3v) is 3.65. The molecule has 1 fully saturated rings. The maximum atomic E-state index is 11.9. The molecule has 1 aliphatic carbocycles. The van der Waals surface area contributed by atoms with E-state index in [4.69, 9.17) is 4.74 Å². The third kappa shape index (κ3) is 4.97. The van der Waals surface area contributed by atoms with E-state index in [0.29, 0.717) is 17.7 Å². The molecular formula is C15H24N4O2. The van der Waals surface area contributed by atoms with Gasteiger partial charge in [0.25, 0.3) is 5.91 Å². The van der Waals surface area contributed by atoms with Crippen LogP contribution >= 0.6 is 0 Å². The highest BCUT2D eigenvalue weighted by atomic mass is 16.5. The van der Waals surface area contributed by atoms with Crippen molar-refractivity contribution in [2.75, 3.05) is 30.9 Å². The number of aromatic nitrogens is 2. The fourth-order valence-corrected chi connectivity index (χ4v) is 2.54. The Balaban J connectivity index is 1.80. The van der Waals surface area contributed by atoms with Crippen molar-refractivity contribution in [3.63, 3.8) is 0 Å². The van der Waals surface area contributed by atoms with Crippen LogP contribution in [0.5, 0.6) is 0 Å². The van der Waals surface area contributed by atoms with Gasteiger partial charge in [-0.1, -0.05) is 19.8 Å². The van der Waals surface area contributed by atoms with Gasteiger partial charge in [0.15, 0.2) is 0 Å². The van der Waals surface area contributed by atoms with Crippen molar-refractivity contribution in [2.24, 2.45) is 5.92 Å². The summed E-state index contributed by atoms with van der Waals surface area (Å²) in [6, 6.07) is 1.67. The van der Waals surface area contributed by atoms with E-state index >= 15 is 0 Å². The molecule has 1 N–H and O–H groups in total. The van der Waals surface area contributed by atoms with Crippen molar-refractivity contribution in [2.45, 2.75) is 38.7 Å². The lowest BCUT2D eigenvalue weighted by atomic mass is 9.89. The molecule has 1 heterocycles. The second-order valence-electron chi connectivity index (χ2n) is 5.89. The Morgan fingerprint density at radius 1 is 1.48 bits per heavy atom. The predicted octanol–water partition coefficient (Wildman–Crippen LogP) is 2.08. The van der Waals surface area contributed by atoms with Crippen molar-refractivity contribution in [3.8, 4) is 0 Å².